The van der Waals surface area contributed by atoms with Crippen LogP contribution in [0.1, 0.15) is 34.6 Å². The molecule has 0 saturated heterocycles. The average molecular weight is 757 g/mol. The number of carbonyl (C=O) groups is 4. The number of nitrogens with one attached hydrogen (secondary N) is 1. The lowest BCUT2D eigenvalue weighted by Crippen LogP contribution is -2.46. The van der Waals surface area contributed by atoms with E-state index in [0.29, 0.717) is 26.4 Å². The first-order chi connectivity index (χ1) is 18.0. The van der Waals surface area contributed by atoms with Crippen molar-refractivity contribution in [3.8, 4) is 0 Å². The summed E-state index contributed by atoms with van der Waals surface area (Å²) in [7, 11) is 0. The number of nitrogens with two attached hydrogens (primary N) is 1. The van der Waals surface area contributed by atoms with Gasteiger partial charge >= 0.3 is 17.9 Å². The molecule has 1 unspecified atom stereocenters. The van der Waals surface area contributed by atoms with Crippen molar-refractivity contribution in [2.75, 3.05) is 72.6 Å². The Bertz CT molecular complexity index is 740. The van der Waals surface area contributed by atoms with Crippen LogP contribution in [0.2, 0.25) is 0 Å². The van der Waals surface area contributed by atoms with Gasteiger partial charge in [-0.1, -0.05) is 47.8 Å². The summed E-state index contributed by atoms with van der Waals surface area (Å²) in [6.07, 6.45) is 0. The van der Waals surface area contributed by atoms with Crippen LogP contribution < -0.4 is 11.1 Å². The van der Waals surface area contributed by atoms with Crippen LogP contribution in [0.4, 0.5) is 0 Å². The Kier molecular flexibility index (Phi) is 18.9. The Morgan fingerprint density at radius 3 is 1.72 bits per heavy atom. The molecule has 0 fully saturated rings. The fourth-order valence-corrected chi connectivity index (χ4v) is 2.81. The van der Waals surface area contributed by atoms with E-state index in [1.165, 1.54) is 0 Å². The number of hydrogen-bond acceptors (Lipinski definition) is 11. The molecule has 1 atom stereocenters. The van der Waals surface area contributed by atoms with Gasteiger partial charge < -0.3 is 39.5 Å². The van der Waals surface area contributed by atoms with E-state index in [1.807, 2.05) is 0 Å². The molecule has 0 aliphatic heterocycles. The summed E-state index contributed by atoms with van der Waals surface area (Å²) in [6, 6.07) is 0. The molecular formula is C24H41Br3N2O10. The summed E-state index contributed by atoms with van der Waals surface area (Å²) >= 11 is 9.62. The van der Waals surface area contributed by atoms with Crippen molar-refractivity contribution in [1.29, 1.82) is 0 Å². The molecule has 0 aliphatic carbocycles. The number of rotatable bonds is 21. The summed E-state index contributed by atoms with van der Waals surface area (Å²) in [5.41, 5.74) is 4.03. The second-order valence-electron chi connectivity index (χ2n) is 9.68. The molecule has 0 aromatic carbocycles. The number of ether oxygens (including phenoxy) is 6. The molecule has 0 aliphatic rings. The summed E-state index contributed by atoms with van der Waals surface area (Å²) < 4.78 is 30.5. The van der Waals surface area contributed by atoms with Gasteiger partial charge in [-0.2, -0.15) is 0 Å². The van der Waals surface area contributed by atoms with E-state index in [4.69, 9.17) is 34.2 Å². The van der Waals surface area contributed by atoms with Crippen LogP contribution in [0.15, 0.2) is 0 Å². The summed E-state index contributed by atoms with van der Waals surface area (Å²) in [5.74, 6) is -2.18. The van der Waals surface area contributed by atoms with Crippen molar-refractivity contribution in [3.05, 3.63) is 0 Å². The van der Waals surface area contributed by atoms with E-state index in [0.717, 1.165) is 0 Å². The minimum atomic E-state index is -1.30. The van der Waals surface area contributed by atoms with Crippen molar-refractivity contribution in [3.63, 3.8) is 0 Å². The van der Waals surface area contributed by atoms with Crippen LogP contribution in [-0.2, 0) is 47.6 Å². The zero-order valence-corrected chi connectivity index (χ0v) is 27.9. The molecule has 12 nitrogen and oxygen atoms in total. The van der Waals surface area contributed by atoms with Crippen LogP contribution in [0.5, 0.6) is 0 Å². The van der Waals surface area contributed by atoms with Gasteiger partial charge in [0.25, 0.3) is 0 Å². The zero-order chi connectivity index (χ0) is 30.1. The highest BCUT2D eigenvalue weighted by Gasteiger charge is 2.40. The standard InChI is InChI=1S/C24H41Br3N2O10/c1-17(25)19(31)37-14-24(15-38-20(32)22(2,3)26,16-39-21(33)23(4,5)27)13-36-12-18(30)29-7-9-35-11-10-34-8-6-28/h17H,6-16,28H2,1-5H3,(H,29,30). The van der Waals surface area contributed by atoms with Crippen molar-refractivity contribution in [1.82, 2.24) is 5.32 Å². The smallest absolute Gasteiger partial charge is 0.322 e. The Morgan fingerprint density at radius 1 is 0.769 bits per heavy atom. The quantitative estimate of drug-likeness (QED) is 0.0762. The number of carbonyl (C=O) groups excluding carboxylic acids is 4. The number of hydrogen-bond donors (Lipinski definition) is 2. The highest BCUT2D eigenvalue weighted by Crippen LogP contribution is 2.26. The van der Waals surface area contributed by atoms with Gasteiger partial charge in [0.05, 0.1) is 38.4 Å². The Labute approximate surface area is 255 Å². The van der Waals surface area contributed by atoms with Crippen LogP contribution in [0, 0.1) is 5.41 Å². The normalized spacial score (nSPS) is 12.9. The maximum atomic E-state index is 12.5. The van der Waals surface area contributed by atoms with E-state index < -0.39 is 42.7 Å². The minimum Gasteiger partial charge on any atom is -0.464 e. The summed E-state index contributed by atoms with van der Waals surface area (Å²) in [5, 5.41) is 2.65. The van der Waals surface area contributed by atoms with E-state index in [1.54, 1.807) is 34.6 Å². The van der Waals surface area contributed by atoms with Gasteiger partial charge in [0.15, 0.2) is 0 Å². The molecule has 3 N–H and O–H groups in total. The van der Waals surface area contributed by atoms with E-state index in [2.05, 4.69) is 53.1 Å². The zero-order valence-electron chi connectivity index (χ0n) is 23.1. The molecule has 0 aromatic heterocycles. The molecule has 0 heterocycles. The first-order valence-electron chi connectivity index (χ1n) is 12.3. The maximum Gasteiger partial charge on any atom is 0.322 e. The lowest BCUT2D eigenvalue weighted by molar-refractivity contribution is -0.169. The van der Waals surface area contributed by atoms with Crippen molar-refractivity contribution >= 4 is 71.6 Å². The fourth-order valence-electron chi connectivity index (χ4n) is 2.45. The van der Waals surface area contributed by atoms with Gasteiger partial charge in [-0.3, -0.25) is 19.2 Å². The second-order valence-corrected chi connectivity index (χ2v) is 15.0. The summed E-state index contributed by atoms with van der Waals surface area (Å²) in [6.45, 7) is 8.67. The Hall–Kier alpha value is -0.840. The number of amides is 1. The van der Waals surface area contributed by atoms with Gasteiger partial charge in [0, 0.05) is 13.1 Å². The van der Waals surface area contributed by atoms with Gasteiger partial charge in [-0.15, -0.1) is 0 Å². The largest absolute Gasteiger partial charge is 0.464 e. The number of esters is 3. The molecule has 0 saturated carbocycles. The molecule has 39 heavy (non-hydrogen) atoms. The van der Waals surface area contributed by atoms with Gasteiger partial charge in [-0.25, -0.2) is 0 Å². The monoisotopic (exact) mass is 754 g/mol. The maximum absolute atomic E-state index is 12.5. The minimum absolute atomic E-state index is 0.231. The second kappa shape index (κ2) is 19.3. The van der Waals surface area contributed by atoms with E-state index in [9.17, 15) is 19.2 Å². The van der Waals surface area contributed by atoms with Gasteiger partial charge in [0.2, 0.25) is 5.91 Å². The first-order valence-corrected chi connectivity index (χ1v) is 14.8. The highest BCUT2D eigenvalue weighted by molar-refractivity contribution is 9.10. The summed E-state index contributed by atoms with van der Waals surface area (Å²) in [4.78, 5) is 48.7. The lowest BCUT2D eigenvalue weighted by atomic mass is 9.92. The molecule has 1 amide bonds. The molecule has 0 bridgehead atoms. The molecule has 15 heteroatoms. The number of alkyl halides is 3. The fraction of sp³-hybridized carbons (Fsp3) is 0.833. The van der Waals surface area contributed by atoms with Crippen molar-refractivity contribution in [2.24, 2.45) is 11.1 Å². The van der Waals surface area contributed by atoms with Crippen LogP contribution in [0.3, 0.4) is 0 Å². The van der Waals surface area contributed by atoms with Gasteiger partial charge in [-0.05, 0) is 34.6 Å². The van der Waals surface area contributed by atoms with Crippen LogP contribution >= 0.6 is 47.8 Å². The SMILES string of the molecule is CC(Br)C(=O)OCC(COCC(=O)NCCOCCOCCN)(COC(=O)C(C)(C)Br)COC(=O)C(C)(C)Br. The molecule has 228 valence electrons. The molecule has 0 aromatic rings. The molecule has 0 radical (unpaired) electrons. The molecule has 0 rings (SSSR count). The Balaban J connectivity index is 5.28. The first kappa shape index (κ1) is 38.2. The van der Waals surface area contributed by atoms with Crippen molar-refractivity contribution < 1.29 is 47.6 Å². The third kappa shape index (κ3) is 18.3. The third-order valence-electron chi connectivity index (χ3n) is 4.68. The lowest BCUT2D eigenvalue weighted by Gasteiger charge is -2.33. The predicted molar refractivity (Wildman–Crippen MR) is 154 cm³/mol. The van der Waals surface area contributed by atoms with Gasteiger partial charge in [0.1, 0.15) is 39.9 Å². The number of halogens is 3. The van der Waals surface area contributed by atoms with Crippen LogP contribution in [0.25, 0.3) is 0 Å². The average Bonchev–Trinajstić information content (AvgIpc) is 2.84. The third-order valence-corrected chi connectivity index (χ3v) is 5.70. The molecular weight excluding hydrogens is 716 g/mol. The topological polar surface area (TPSA) is 162 Å². The highest BCUT2D eigenvalue weighted by atomic mass is 79.9. The predicted octanol–water partition coefficient (Wildman–Crippen LogP) is 1.86. The molecule has 0 spiro atoms. The van der Waals surface area contributed by atoms with Crippen molar-refractivity contribution in [2.45, 2.75) is 48.1 Å². The van der Waals surface area contributed by atoms with E-state index in [-0.39, 0.29) is 46.2 Å². The Morgan fingerprint density at radius 2 is 1.26 bits per heavy atom. The van der Waals surface area contributed by atoms with E-state index >= 15 is 0 Å². The van der Waals surface area contributed by atoms with Crippen LogP contribution in [-0.4, -0.2) is 110 Å².